The Labute approximate surface area is 188 Å². The summed E-state index contributed by atoms with van der Waals surface area (Å²) >= 11 is 6.21. The minimum Gasteiger partial charge on any atom is -0.343 e. The van der Waals surface area contributed by atoms with Crippen LogP contribution < -0.4 is 9.62 Å². The van der Waals surface area contributed by atoms with E-state index in [-0.39, 0.29) is 34.5 Å². The van der Waals surface area contributed by atoms with Crippen LogP contribution >= 0.6 is 11.6 Å². The standard InChI is InChI=1S/C22H26ClN3O4S/c1-4-14-26(20-13-8-7-12-19(20)23)31(29,30)18-11-9-10-17(15-18)22(28)24-16-21(27)25(5-2)6-3/h4,7-13,15H,1,5-6,14,16H2,2-3H3,(H,24,28). The molecule has 1 N–H and O–H groups in total. The fourth-order valence-electron chi connectivity index (χ4n) is 2.97. The molecule has 0 saturated carbocycles. The average molecular weight is 464 g/mol. The van der Waals surface area contributed by atoms with Crippen LogP contribution in [-0.2, 0) is 14.8 Å². The first-order chi connectivity index (χ1) is 14.8. The maximum absolute atomic E-state index is 13.3. The van der Waals surface area contributed by atoms with Crippen LogP contribution in [0.25, 0.3) is 0 Å². The van der Waals surface area contributed by atoms with E-state index < -0.39 is 15.9 Å². The van der Waals surface area contributed by atoms with E-state index in [0.29, 0.717) is 18.8 Å². The van der Waals surface area contributed by atoms with Crippen LogP contribution in [0.4, 0.5) is 5.69 Å². The number of nitrogens with one attached hydrogen (secondary N) is 1. The number of para-hydroxylation sites is 1. The highest BCUT2D eigenvalue weighted by Gasteiger charge is 2.26. The second-order valence-electron chi connectivity index (χ2n) is 6.55. The summed E-state index contributed by atoms with van der Waals surface area (Å²) in [4.78, 5) is 26.1. The van der Waals surface area contributed by atoms with Crippen molar-refractivity contribution in [3.05, 3.63) is 71.8 Å². The lowest BCUT2D eigenvalue weighted by molar-refractivity contribution is -0.129. The minimum atomic E-state index is -4.02. The molecule has 2 aromatic carbocycles. The third-order valence-electron chi connectivity index (χ3n) is 4.62. The van der Waals surface area contributed by atoms with Gasteiger partial charge in [0.05, 0.1) is 28.7 Å². The van der Waals surface area contributed by atoms with Crippen LogP contribution in [0.15, 0.2) is 66.1 Å². The van der Waals surface area contributed by atoms with E-state index in [1.165, 1.54) is 30.3 Å². The zero-order valence-electron chi connectivity index (χ0n) is 17.5. The van der Waals surface area contributed by atoms with Gasteiger partial charge in [-0.15, -0.1) is 6.58 Å². The molecule has 166 valence electrons. The van der Waals surface area contributed by atoms with Gasteiger partial charge < -0.3 is 10.2 Å². The monoisotopic (exact) mass is 463 g/mol. The summed E-state index contributed by atoms with van der Waals surface area (Å²) in [6.45, 7) is 8.25. The molecule has 7 nitrogen and oxygen atoms in total. The third-order valence-corrected chi connectivity index (χ3v) is 6.71. The molecule has 2 amide bonds. The van der Waals surface area contributed by atoms with E-state index in [1.807, 2.05) is 13.8 Å². The Morgan fingerprint density at radius 2 is 1.77 bits per heavy atom. The first kappa shape index (κ1) is 24.4. The minimum absolute atomic E-state index is 0.000856. The number of carbonyl (C=O) groups is 2. The first-order valence-corrected chi connectivity index (χ1v) is 11.6. The van der Waals surface area contributed by atoms with E-state index in [4.69, 9.17) is 11.6 Å². The first-order valence-electron chi connectivity index (χ1n) is 9.80. The van der Waals surface area contributed by atoms with Crippen molar-refractivity contribution in [1.82, 2.24) is 10.2 Å². The number of hydrogen-bond donors (Lipinski definition) is 1. The van der Waals surface area contributed by atoms with Gasteiger partial charge in [0.15, 0.2) is 0 Å². The fraction of sp³-hybridized carbons (Fsp3) is 0.273. The Kier molecular flexibility index (Phi) is 8.65. The molecule has 2 rings (SSSR count). The number of halogens is 1. The maximum atomic E-state index is 13.3. The molecule has 0 radical (unpaired) electrons. The highest BCUT2D eigenvalue weighted by molar-refractivity contribution is 7.92. The number of hydrogen-bond acceptors (Lipinski definition) is 4. The predicted octanol–water partition coefficient (Wildman–Crippen LogP) is 3.32. The van der Waals surface area contributed by atoms with Gasteiger partial charge in [-0.1, -0.05) is 35.9 Å². The summed E-state index contributed by atoms with van der Waals surface area (Å²) in [6, 6.07) is 12.2. The van der Waals surface area contributed by atoms with Crippen LogP contribution in [0.3, 0.4) is 0 Å². The molecule has 9 heteroatoms. The number of likely N-dealkylation sites (N-methyl/N-ethyl adjacent to an activating group) is 1. The summed E-state index contributed by atoms with van der Waals surface area (Å²) < 4.78 is 27.7. The van der Waals surface area contributed by atoms with Crippen molar-refractivity contribution in [2.24, 2.45) is 0 Å². The van der Waals surface area contributed by atoms with Gasteiger partial charge >= 0.3 is 0 Å². The summed E-state index contributed by atoms with van der Waals surface area (Å²) in [5.74, 6) is -0.747. The largest absolute Gasteiger partial charge is 0.343 e. The Hall–Kier alpha value is -2.84. The fourth-order valence-corrected chi connectivity index (χ4v) is 4.76. The van der Waals surface area contributed by atoms with Crippen molar-refractivity contribution in [2.45, 2.75) is 18.7 Å². The number of amides is 2. The smallest absolute Gasteiger partial charge is 0.264 e. The SMILES string of the molecule is C=CCN(c1ccccc1Cl)S(=O)(=O)c1cccc(C(=O)NCC(=O)N(CC)CC)c1. The quantitative estimate of drug-likeness (QED) is 0.547. The molecule has 0 atom stereocenters. The van der Waals surface area contributed by atoms with Crippen LogP contribution in [0.2, 0.25) is 5.02 Å². The van der Waals surface area contributed by atoms with E-state index >= 15 is 0 Å². The maximum Gasteiger partial charge on any atom is 0.264 e. The molecule has 0 aliphatic carbocycles. The number of anilines is 1. The van der Waals surface area contributed by atoms with E-state index in [0.717, 1.165) is 4.31 Å². The Bertz CT molecular complexity index is 1050. The molecular weight excluding hydrogens is 438 g/mol. The molecule has 0 aliphatic rings. The van der Waals surface area contributed by atoms with E-state index in [1.54, 1.807) is 29.2 Å². The van der Waals surface area contributed by atoms with Gasteiger partial charge in [0.2, 0.25) is 5.91 Å². The molecule has 0 aliphatic heterocycles. The molecule has 0 saturated heterocycles. The normalized spacial score (nSPS) is 10.9. The molecule has 0 heterocycles. The number of sulfonamides is 1. The van der Waals surface area contributed by atoms with Gasteiger partial charge in [-0.05, 0) is 44.2 Å². The number of benzene rings is 2. The van der Waals surface area contributed by atoms with Crippen LogP contribution in [-0.4, -0.2) is 51.3 Å². The molecule has 31 heavy (non-hydrogen) atoms. The zero-order chi connectivity index (χ0) is 23.0. The van der Waals surface area contributed by atoms with Gasteiger partial charge in [0.25, 0.3) is 15.9 Å². The molecule has 0 aromatic heterocycles. The van der Waals surface area contributed by atoms with Crippen molar-refractivity contribution in [1.29, 1.82) is 0 Å². The molecule has 0 bridgehead atoms. The van der Waals surface area contributed by atoms with Gasteiger partial charge in [0.1, 0.15) is 0 Å². The highest BCUT2D eigenvalue weighted by Crippen LogP contribution is 2.30. The van der Waals surface area contributed by atoms with Crippen molar-refractivity contribution in [2.75, 3.05) is 30.5 Å². The molecule has 0 fully saturated rings. The summed E-state index contributed by atoms with van der Waals surface area (Å²) in [5, 5.41) is 2.82. The topological polar surface area (TPSA) is 86.8 Å². The second kappa shape index (κ2) is 11.0. The number of rotatable bonds is 10. The lowest BCUT2D eigenvalue weighted by Gasteiger charge is -2.24. The lowest BCUT2D eigenvalue weighted by atomic mass is 10.2. The van der Waals surface area contributed by atoms with Gasteiger partial charge in [-0.25, -0.2) is 8.42 Å². The Morgan fingerprint density at radius 3 is 2.39 bits per heavy atom. The van der Waals surface area contributed by atoms with Crippen LogP contribution in [0.1, 0.15) is 24.2 Å². The second-order valence-corrected chi connectivity index (χ2v) is 8.82. The van der Waals surface area contributed by atoms with Gasteiger partial charge in [0, 0.05) is 18.7 Å². The lowest BCUT2D eigenvalue weighted by Crippen LogP contribution is -2.40. The molecule has 0 unspecified atom stereocenters. The van der Waals surface area contributed by atoms with Crippen LogP contribution in [0.5, 0.6) is 0 Å². The van der Waals surface area contributed by atoms with Gasteiger partial charge in [-0.3, -0.25) is 13.9 Å². The number of carbonyl (C=O) groups excluding carboxylic acids is 2. The zero-order valence-corrected chi connectivity index (χ0v) is 19.1. The Morgan fingerprint density at radius 1 is 1.10 bits per heavy atom. The molecular formula is C22H26ClN3O4S. The summed E-state index contributed by atoms with van der Waals surface area (Å²) in [6.07, 6.45) is 1.45. The predicted molar refractivity (Wildman–Crippen MR) is 123 cm³/mol. The van der Waals surface area contributed by atoms with Crippen molar-refractivity contribution >= 4 is 39.1 Å². The van der Waals surface area contributed by atoms with E-state index in [9.17, 15) is 18.0 Å². The van der Waals surface area contributed by atoms with Crippen LogP contribution in [0, 0.1) is 0 Å². The Balaban J connectivity index is 2.30. The third kappa shape index (κ3) is 5.86. The van der Waals surface area contributed by atoms with Crippen molar-refractivity contribution in [3.63, 3.8) is 0 Å². The average Bonchev–Trinajstić information content (AvgIpc) is 2.77. The number of nitrogens with zero attached hydrogens (tertiary/aromatic N) is 2. The summed E-state index contributed by atoms with van der Waals surface area (Å²) in [7, 11) is -4.02. The van der Waals surface area contributed by atoms with E-state index in [2.05, 4.69) is 11.9 Å². The molecule has 0 spiro atoms. The van der Waals surface area contributed by atoms with Crippen molar-refractivity contribution < 1.29 is 18.0 Å². The van der Waals surface area contributed by atoms with Gasteiger partial charge in [-0.2, -0.15) is 0 Å². The molecule has 2 aromatic rings. The summed E-state index contributed by atoms with van der Waals surface area (Å²) in [5.41, 5.74) is 0.440. The highest BCUT2D eigenvalue weighted by atomic mass is 35.5. The van der Waals surface area contributed by atoms with Crippen molar-refractivity contribution in [3.8, 4) is 0 Å².